The van der Waals surface area contributed by atoms with E-state index in [2.05, 4.69) is 9.08 Å². The van der Waals surface area contributed by atoms with Crippen LogP contribution in [-0.2, 0) is 23.2 Å². The molecule has 0 saturated carbocycles. The third-order valence-corrected chi connectivity index (χ3v) is 8.27. The Morgan fingerprint density at radius 2 is 1.71 bits per heavy atom. The Kier molecular flexibility index (Phi) is 8.23. The predicted molar refractivity (Wildman–Crippen MR) is 144 cm³/mol. The summed E-state index contributed by atoms with van der Waals surface area (Å²) < 4.78 is 78.5. The van der Waals surface area contributed by atoms with Gasteiger partial charge in [-0.15, -0.1) is 0 Å². The van der Waals surface area contributed by atoms with E-state index in [1.165, 1.54) is 27.7 Å². The van der Waals surface area contributed by atoms with Crippen LogP contribution in [0.25, 0.3) is 10.9 Å². The van der Waals surface area contributed by atoms with Crippen molar-refractivity contribution in [1.29, 1.82) is 0 Å². The van der Waals surface area contributed by atoms with Gasteiger partial charge in [-0.1, -0.05) is 18.2 Å². The van der Waals surface area contributed by atoms with Gasteiger partial charge in [0.05, 0.1) is 5.52 Å². The van der Waals surface area contributed by atoms with Gasteiger partial charge < -0.3 is 33.1 Å². The lowest BCUT2D eigenvalue weighted by atomic mass is 10.0. The average Bonchev–Trinajstić information content (AvgIpc) is 2.95. The van der Waals surface area contributed by atoms with E-state index in [0.29, 0.717) is 57.2 Å². The Labute approximate surface area is 238 Å². The minimum atomic E-state index is -5.96. The molecular formula is C27H28F3N3O8S. The molecule has 0 bridgehead atoms. The zero-order chi connectivity index (χ0) is 30.1. The lowest BCUT2D eigenvalue weighted by Gasteiger charge is -2.37. The second-order valence-corrected chi connectivity index (χ2v) is 11.5. The summed E-state index contributed by atoms with van der Waals surface area (Å²) in [4.78, 5) is 28.4. The molecule has 1 fully saturated rings. The summed E-state index contributed by atoms with van der Waals surface area (Å²) in [6, 6.07) is 11.8. The largest absolute Gasteiger partial charge is 0.534 e. The highest BCUT2D eigenvalue weighted by Crippen LogP contribution is 2.33. The fraction of sp³-hybridized carbons (Fsp3) is 0.407. The number of carbonyl (C=O) groups is 1. The fourth-order valence-corrected chi connectivity index (χ4v) is 5.67. The Balaban J connectivity index is 1.24. The van der Waals surface area contributed by atoms with Crippen LogP contribution in [-0.4, -0.2) is 78.4 Å². The molecule has 2 aliphatic heterocycles. The second kappa shape index (κ2) is 11.7. The first-order valence-electron chi connectivity index (χ1n) is 13.2. The standard InChI is InChI=1S/C27H28F3N3O8S/c28-27(29,30)42(37,38)41-23-16-25(34)32(21-4-2-1-3-20(21)23)12-11-31-9-7-19(8-10-31)33(26(35)36)17-18-5-6-22-24(15-18)40-14-13-39-22/h1-6,15-16,19H,7-14,17H2,(H,35,36). The number of halogens is 3. The molecule has 0 radical (unpaired) electrons. The van der Waals surface area contributed by atoms with E-state index >= 15 is 0 Å². The highest BCUT2D eigenvalue weighted by Gasteiger charge is 2.48. The quantitative estimate of drug-likeness (QED) is 0.300. The lowest BCUT2D eigenvalue weighted by molar-refractivity contribution is -0.0499. The number of benzene rings is 2. The van der Waals surface area contributed by atoms with Gasteiger partial charge in [0.1, 0.15) is 13.2 Å². The van der Waals surface area contributed by atoms with E-state index in [1.807, 2.05) is 6.07 Å². The van der Waals surface area contributed by atoms with E-state index in [1.54, 1.807) is 18.2 Å². The first kappa shape index (κ1) is 29.5. The molecule has 3 heterocycles. The number of hydrogen-bond donors (Lipinski definition) is 1. The normalized spacial score (nSPS) is 16.4. The summed E-state index contributed by atoms with van der Waals surface area (Å²) >= 11 is 0. The van der Waals surface area contributed by atoms with Gasteiger partial charge in [0.15, 0.2) is 17.2 Å². The van der Waals surface area contributed by atoms with E-state index < -0.39 is 33.0 Å². The maximum absolute atomic E-state index is 12.9. The van der Waals surface area contributed by atoms with Crippen LogP contribution >= 0.6 is 0 Å². The first-order chi connectivity index (χ1) is 19.9. The van der Waals surface area contributed by atoms with Gasteiger partial charge in [0, 0.05) is 50.2 Å². The maximum Gasteiger partial charge on any atom is 0.534 e. The number of fused-ring (bicyclic) bond motifs is 2. The minimum absolute atomic E-state index is 0.0415. The summed E-state index contributed by atoms with van der Waals surface area (Å²) in [6.07, 6.45) is 0.0968. The Bertz CT molecular complexity index is 1640. The van der Waals surface area contributed by atoms with Crippen molar-refractivity contribution in [1.82, 2.24) is 14.4 Å². The number of piperidine rings is 1. The molecule has 1 saturated heterocycles. The summed E-state index contributed by atoms with van der Waals surface area (Å²) in [5, 5.41) is 9.96. The molecule has 42 heavy (non-hydrogen) atoms. The smallest absolute Gasteiger partial charge is 0.486 e. The molecule has 226 valence electrons. The summed E-state index contributed by atoms with van der Waals surface area (Å²) in [5.41, 5.74) is -5.35. The number of aromatic nitrogens is 1. The van der Waals surface area contributed by atoms with Crippen LogP contribution in [0, 0.1) is 0 Å². The number of rotatable bonds is 8. The van der Waals surface area contributed by atoms with Gasteiger partial charge in [0.2, 0.25) is 0 Å². The van der Waals surface area contributed by atoms with Crippen molar-refractivity contribution >= 4 is 27.1 Å². The molecule has 2 aromatic carbocycles. The van der Waals surface area contributed by atoms with E-state index in [4.69, 9.17) is 9.47 Å². The Morgan fingerprint density at radius 3 is 2.40 bits per heavy atom. The van der Waals surface area contributed by atoms with E-state index in [-0.39, 0.29) is 30.0 Å². The van der Waals surface area contributed by atoms with Crippen LogP contribution in [0.3, 0.4) is 0 Å². The second-order valence-electron chi connectivity index (χ2n) is 9.96. The minimum Gasteiger partial charge on any atom is -0.486 e. The van der Waals surface area contributed by atoms with Crippen LogP contribution in [0.1, 0.15) is 18.4 Å². The van der Waals surface area contributed by atoms with E-state index in [9.17, 15) is 36.3 Å². The zero-order valence-electron chi connectivity index (χ0n) is 22.2. The summed E-state index contributed by atoms with van der Waals surface area (Å²) in [6.45, 7) is 2.79. The summed E-state index contributed by atoms with van der Waals surface area (Å²) in [5.74, 6) is 0.514. The SMILES string of the molecule is O=C(O)N(Cc1ccc2c(c1)OCCO2)C1CCN(CCn2c(=O)cc(OS(=O)(=O)C(F)(F)F)c3ccccc32)CC1. The van der Waals surface area contributed by atoms with Crippen molar-refractivity contribution < 1.29 is 45.1 Å². The number of alkyl halides is 3. The molecule has 15 heteroatoms. The monoisotopic (exact) mass is 611 g/mol. The number of nitrogens with zero attached hydrogens (tertiary/aromatic N) is 3. The van der Waals surface area contributed by atoms with Gasteiger partial charge in [-0.2, -0.15) is 21.6 Å². The highest BCUT2D eigenvalue weighted by molar-refractivity contribution is 7.88. The molecule has 1 amide bonds. The van der Waals surface area contributed by atoms with E-state index in [0.717, 1.165) is 11.6 Å². The van der Waals surface area contributed by atoms with Crippen LogP contribution in [0.4, 0.5) is 18.0 Å². The fourth-order valence-electron chi connectivity index (χ4n) is 5.20. The van der Waals surface area contributed by atoms with Crippen LogP contribution in [0.15, 0.2) is 53.3 Å². The third kappa shape index (κ3) is 6.26. The molecule has 1 N–H and O–H groups in total. The molecule has 0 aliphatic carbocycles. The number of ether oxygens (including phenoxy) is 2. The molecule has 11 nitrogen and oxygen atoms in total. The Morgan fingerprint density at radius 1 is 1.02 bits per heavy atom. The van der Waals surface area contributed by atoms with Gasteiger partial charge >= 0.3 is 21.7 Å². The number of pyridine rings is 1. The zero-order valence-corrected chi connectivity index (χ0v) is 23.1. The van der Waals surface area contributed by atoms with Crippen molar-refractivity contribution in [2.24, 2.45) is 0 Å². The molecule has 2 aliphatic rings. The van der Waals surface area contributed by atoms with Gasteiger partial charge in [-0.3, -0.25) is 4.79 Å². The van der Waals surface area contributed by atoms with Gasteiger partial charge in [-0.05, 0) is 42.7 Å². The third-order valence-electron chi connectivity index (χ3n) is 7.31. The first-order valence-corrected chi connectivity index (χ1v) is 14.6. The van der Waals surface area contributed by atoms with Crippen molar-refractivity contribution in [3.63, 3.8) is 0 Å². The Hall–Kier alpha value is -3.98. The number of hydrogen-bond acceptors (Lipinski definition) is 8. The van der Waals surface area contributed by atoms with Crippen molar-refractivity contribution in [2.75, 3.05) is 32.8 Å². The number of likely N-dealkylation sites (tertiary alicyclic amines) is 1. The molecule has 3 aromatic rings. The molecular weight excluding hydrogens is 583 g/mol. The van der Waals surface area contributed by atoms with Crippen LogP contribution in [0.5, 0.6) is 17.2 Å². The van der Waals surface area contributed by atoms with Gasteiger partial charge in [-0.25, -0.2) is 4.79 Å². The molecule has 0 spiro atoms. The van der Waals surface area contributed by atoms with Crippen molar-refractivity contribution in [2.45, 2.75) is 37.5 Å². The molecule has 5 rings (SSSR count). The van der Waals surface area contributed by atoms with Crippen molar-refractivity contribution in [3.05, 3.63) is 64.4 Å². The highest BCUT2D eigenvalue weighted by atomic mass is 32.2. The molecule has 1 aromatic heterocycles. The van der Waals surface area contributed by atoms with Crippen LogP contribution in [0.2, 0.25) is 0 Å². The van der Waals surface area contributed by atoms with Crippen molar-refractivity contribution in [3.8, 4) is 17.2 Å². The molecule has 0 atom stereocenters. The summed E-state index contributed by atoms with van der Waals surface area (Å²) in [7, 11) is -5.96. The molecule has 0 unspecified atom stereocenters. The number of carboxylic acid groups (broad SMARTS) is 1. The predicted octanol–water partition coefficient (Wildman–Crippen LogP) is 3.65. The maximum atomic E-state index is 12.9. The van der Waals surface area contributed by atoms with Gasteiger partial charge in [0.25, 0.3) is 5.56 Å². The number of amides is 1. The average molecular weight is 612 g/mol. The topological polar surface area (TPSA) is 128 Å². The number of para-hydroxylation sites is 1. The van der Waals surface area contributed by atoms with Crippen LogP contribution < -0.4 is 19.2 Å². The lowest BCUT2D eigenvalue weighted by Crippen LogP contribution is -2.47.